The SMILES string of the molecule is O=C(c1ccsc1)c1ccc2n1CCCC2C(=O)O. The molecule has 19 heavy (non-hydrogen) atoms. The van der Waals surface area contributed by atoms with Crippen molar-refractivity contribution in [2.45, 2.75) is 25.3 Å². The lowest BCUT2D eigenvalue weighted by Crippen LogP contribution is -2.23. The van der Waals surface area contributed by atoms with Gasteiger partial charge in [-0.15, -0.1) is 0 Å². The standard InChI is InChI=1S/C14H13NO3S/c16-13(9-5-7-19-8-9)12-4-3-11-10(14(17)18)2-1-6-15(11)12/h3-5,7-8,10H,1-2,6H2,(H,17,18). The Morgan fingerprint density at radius 3 is 2.84 bits per heavy atom. The van der Waals surface area contributed by atoms with E-state index in [1.807, 2.05) is 15.3 Å². The van der Waals surface area contributed by atoms with Crippen molar-refractivity contribution in [1.29, 1.82) is 0 Å². The van der Waals surface area contributed by atoms with Gasteiger partial charge in [-0.2, -0.15) is 11.3 Å². The van der Waals surface area contributed by atoms with Gasteiger partial charge in [0.05, 0.1) is 11.6 Å². The minimum absolute atomic E-state index is 0.0291. The lowest BCUT2D eigenvalue weighted by Gasteiger charge is -2.23. The van der Waals surface area contributed by atoms with Crippen molar-refractivity contribution in [3.05, 3.63) is 45.9 Å². The van der Waals surface area contributed by atoms with Gasteiger partial charge in [0, 0.05) is 23.2 Å². The molecule has 0 saturated heterocycles. The number of ketones is 1. The van der Waals surface area contributed by atoms with Gasteiger partial charge < -0.3 is 9.67 Å². The number of rotatable bonds is 3. The lowest BCUT2D eigenvalue weighted by atomic mass is 9.96. The molecule has 0 radical (unpaired) electrons. The molecule has 1 unspecified atom stereocenters. The molecule has 3 rings (SSSR count). The summed E-state index contributed by atoms with van der Waals surface area (Å²) < 4.78 is 1.86. The normalized spacial score (nSPS) is 18.0. The molecule has 0 bridgehead atoms. The zero-order valence-corrected chi connectivity index (χ0v) is 11.0. The highest BCUT2D eigenvalue weighted by atomic mass is 32.1. The minimum atomic E-state index is -0.811. The molecule has 0 spiro atoms. The lowest BCUT2D eigenvalue weighted by molar-refractivity contribution is -0.139. The van der Waals surface area contributed by atoms with Crippen molar-refractivity contribution in [3.8, 4) is 0 Å². The molecule has 2 aromatic heterocycles. The Balaban J connectivity index is 2.02. The van der Waals surface area contributed by atoms with Crippen LogP contribution < -0.4 is 0 Å². The Kier molecular flexibility index (Phi) is 2.98. The van der Waals surface area contributed by atoms with Gasteiger partial charge in [-0.1, -0.05) is 0 Å². The maximum absolute atomic E-state index is 12.4. The van der Waals surface area contributed by atoms with Crippen LogP contribution in [0.5, 0.6) is 0 Å². The van der Waals surface area contributed by atoms with Crippen molar-refractivity contribution in [2.24, 2.45) is 0 Å². The summed E-state index contributed by atoms with van der Waals surface area (Å²) in [5.74, 6) is -1.33. The summed E-state index contributed by atoms with van der Waals surface area (Å²) in [6.45, 7) is 0.720. The van der Waals surface area contributed by atoms with E-state index in [0.717, 1.165) is 18.7 Å². The summed E-state index contributed by atoms with van der Waals surface area (Å²) in [6, 6.07) is 5.32. The third kappa shape index (κ3) is 2.00. The molecule has 1 atom stereocenters. The number of carboxylic acids is 1. The number of carbonyl (C=O) groups is 2. The molecule has 1 N–H and O–H groups in total. The van der Waals surface area contributed by atoms with E-state index in [1.165, 1.54) is 11.3 Å². The molecule has 1 aliphatic heterocycles. The molecule has 0 aromatic carbocycles. The van der Waals surface area contributed by atoms with Crippen LogP contribution in [0.15, 0.2) is 29.0 Å². The van der Waals surface area contributed by atoms with Crippen molar-refractivity contribution < 1.29 is 14.7 Å². The van der Waals surface area contributed by atoms with E-state index in [0.29, 0.717) is 17.7 Å². The van der Waals surface area contributed by atoms with Crippen LogP contribution in [0.3, 0.4) is 0 Å². The van der Waals surface area contributed by atoms with Gasteiger partial charge in [-0.25, -0.2) is 0 Å². The molecular weight excluding hydrogens is 262 g/mol. The van der Waals surface area contributed by atoms with Gasteiger partial charge in [-0.05, 0) is 36.4 Å². The summed E-state index contributed by atoms with van der Waals surface area (Å²) in [7, 11) is 0. The highest BCUT2D eigenvalue weighted by Crippen LogP contribution is 2.30. The number of hydrogen-bond donors (Lipinski definition) is 1. The van der Waals surface area contributed by atoms with Crippen LogP contribution in [0.2, 0.25) is 0 Å². The van der Waals surface area contributed by atoms with E-state index in [2.05, 4.69) is 0 Å². The molecule has 5 heteroatoms. The molecule has 3 heterocycles. The second-order valence-electron chi connectivity index (χ2n) is 4.67. The number of nitrogens with zero attached hydrogens (tertiary/aromatic N) is 1. The van der Waals surface area contributed by atoms with Gasteiger partial charge in [0.15, 0.2) is 0 Å². The topological polar surface area (TPSA) is 59.3 Å². The smallest absolute Gasteiger partial charge is 0.312 e. The van der Waals surface area contributed by atoms with Crippen LogP contribution >= 0.6 is 11.3 Å². The van der Waals surface area contributed by atoms with E-state index >= 15 is 0 Å². The van der Waals surface area contributed by atoms with Crippen molar-refractivity contribution >= 4 is 23.1 Å². The summed E-state index contributed by atoms with van der Waals surface area (Å²) in [5, 5.41) is 12.9. The molecule has 1 aliphatic rings. The predicted molar refractivity (Wildman–Crippen MR) is 71.8 cm³/mol. The van der Waals surface area contributed by atoms with Crippen LogP contribution in [0.4, 0.5) is 0 Å². The first-order valence-electron chi connectivity index (χ1n) is 6.17. The minimum Gasteiger partial charge on any atom is -0.481 e. The second-order valence-corrected chi connectivity index (χ2v) is 5.45. The average molecular weight is 275 g/mol. The number of carbonyl (C=O) groups excluding carboxylic acids is 1. The molecule has 4 nitrogen and oxygen atoms in total. The molecule has 0 amide bonds. The van der Waals surface area contributed by atoms with Crippen LogP contribution in [-0.4, -0.2) is 21.4 Å². The van der Waals surface area contributed by atoms with E-state index in [4.69, 9.17) is 0 Å². The van der Waals surface area contributed by atoms with Crippen LogP contribution in [0, 0.1) is 0 Å². The van der Waals surface area contributed by atoms with Crippen molar-refractivity contribution in [3.63, 3.8) is 0 Å². The van der Waals surface area contributed by atoms with Crippen LogP contribution in [0.25, 0.3) is 0 Å². The number of aromatic nitrogens is 1. The molecule has 2 aromatic rings. The third-order valence-electron chi connectivity index (χ3n) is 3.56. The van der Waals surface area contributed by atoms with Crippen molar-refractivity contribution in [2.75, 3.05) is 0 Å². The van der Waals surface area contributed by atoms with Crippen molar-refractivity contribution in [1.82, 2.24) is 4.57 Å². The van der Waals surface area contributed by atoms with Gasteiger partial charge in [0.2, 0.25) is 5.78 Å². The first-order valence-corrected chi connectivity index (χ1v) is 7.12. The summed E-state index contributed by atoms with van der Waals surface area (Å²) in [4.78, 5) is 23.6. The molecule has 0 fully saturated rings. The highest BCUT2D eigenvalue weighted by molar-refractivity contribution is 7.08. The Morgan fingerprint density at radius 2 is 2.16 bits per heavy atom. The monoisotopic (exact) mass is 275 g/mol. The van der Waals surface area contributed by atoms with Gasteiger partial charge in [0.25, 0.3) is 0 Å². The van der Waals surface area contributed by atoms with Crippen LogP contribution in [0.1, 0.15) is 40.5 Å². The Labute approximate surface area is 114 Å². The van der Waals surface area contributed by atoms with E-state index in [1.54, 1.807) is 18.2 Å². The summed E-state index contributed by atoms with van der Waals surface area (Å²) in [5.41, 5.74) is 2.01. The van der Waals surface area contributed by atoms with E-state index in [-0.39, 0.29) is 5.78 Å². The number of carboxylic acid groups (broad SMARTS) is 1. The fourth-order valence-corrected chi connectivity index (χ4v) is 3.26. The van der Waals surface area contributed by atoms with Gasteiger partial charge in [-0.3, -0.25) is 9.59 Å². The van der Waals surface area contributed by atoms with Crippen LogP contribution in [-0.2, 0) is 11.3 Å². The number of fused-ring (bicyclic) bond motifs is 1. The third-order valence-corrected chi connectivity index (χ3v) is 4.24. The molecular formula is C14H13NO3S. The fraction of sp³-hybridized carbons (Fsp3) is 0.286. The maximum atomic E-state index is 12.4. The first kappa shape index (κ1) is 12.2. The predicted octanol–water partition coefficient (Wildman–Crippen LogP) is 2.74. The second kappa shape index (κ2) is 4.66. The molecule has 0 aliphatic carbocycles. The summed E-state index contributed by atoms with van der Waals surface area (Å²) in [6.07, 6.45) is 1.44. The number of hydrogen-bond acceptors (Lipinski definition) is 3. The quantitative estimate of drug-likeness (QED) is 0.876. The van der Waals surface area contributed by atoms with E-state index in [9.17, 15) is 14.7 Å². The number of aliphatic carboxylic acids is 1. The fourth-order valence-electron chi connectivity index (χ4n) is 2.63. The Morgan fingerprint density at radius 1 is 1.32 bits per heavy atom. The number of thiophene rings is 1. The molecule has 98 valence electrons. The molecule has 0 saturated carbocycles. The highest BCUT2D eigenvalue weighted by Gasteiger charge is 2.29. The Bertz CT molecular complexity index is 627. The largest absolute Gasteiger partial charge is 0.481 e. The summed E-state index contributed by atoms with van der Waals surface area (Å²) >= 11 is 1.48. The zero-order valence-electron chi connectivity index (χ0n) is 10.2. The van der Waals surface area contributed by atoms with Gasteiger partial charge in [0.1, 0.15) is 0 Å². The maximum Gasteiger partial charge on any atom is 0.312 e. The zero-order chi connectivity index (χ0) is 13.4. The average Bonchev–Trinajstić information content (AvgIpc) is 3.06. The first-order chi connectivity index (χ1) is 9.18. The van der Waals surface area contributed by atoms with Gasteiger partial charge >= 0.3 is 5.97 Å². The Hall–Kier alpha value is -1.88. The van der Waals surface area contributed by atoms with E-state index < -0.39 is 11.9 Å².